The molecule has 4 N–H and O–H groups in total. The second kappa shape index (κ2) is 7.62. The third-order valence-corrected chi connectivity index (χ3v) is 5.55. The van der Waals surface area contributed by atoms with E-state index in [1.807, 2.05) is 0 Å². The zero-order valence-corrected chi connectivity index (χ0v) is 16.0. The van der Waals surface area contributed by atoms with Gasteiger partial charge in [0.25, 0.3) is 0 Å². The predicted octanol–water partition coefficient (Wildman–Crippen LogP) is 1.44. The number of halogens is 1. The van der Waals surface area contributed by atoms with Crippen LogP contribution in [-0.2, 0) is 24.7 Å². The number of primary sulfonamides is 1. The van der Waals surface area contributed by atoms with Crippen LogP contribution in [0.3, 0.4) is 0 Å². The van der Waals surface area contributed by atoms with Crippen molar-refractivity contribution in [2.24, 2.45) is 5.14 Å². The van der Waals surface area contributed by atoms with E-state index in [1.54, 1.807) is 24.3 Å². The van der Waals surface area contributed by atoms with E-state index < -0.39 is 25.8 Å². The average molecular weight is 418 g/mol. The van der Waals surface area contributed by atoms with Crippen LogP contribution in [0.15, 0.2) is 52.3 Å². The van der Waals surface area contributed by atoms with E-state index >= 15 is 0 Å². The molecule has 0 atom stereocenters. The van der Waals surface area contributed by atoms with Gasteiger partial charge in [-0.1, -0.05) is 11.6 Å². The lowest BCUT2D eigenvalue weighted by molar-refractivity contribution is -0.114. The zero-order chi connectivity index (χ0) is 19.5. The van der Waals surface area contributed by atoms with Crippen LogP contribution >= 0.6 is 11.6 Å². The molecule has 1 amide bonds. The predicted molar refractivity (Wildman–Crippen MR) is 99.5 cm³/mol. The number of sulfonamides is 1. The van der Waals surface area contributed by atoms with Crippen LogP contribution in [0, 0.1) is 0 Å². The van der Waals surface area contributed by atoms with Gasteiger partial charge < -0.3 is 10.6 Å². The molecule has 0 aliphatic rings. The Balaban J connectivity index is 2.18. The van der Waals surface area contributed by atoms with Gasteiger partial charge in [0, 0.05) is 17.0 Å². The molecule has 0 aliphatic carbocycles. The molecule has 0 saturated carbocycles. The van der Waals surface area contributed by atoms with E-state index in [9.17, 15) is 21.6 Å². The molecule has 0 unspecified atom stereocenters. The first-order valence-electron chi connectivity index (χ1n) is 7.13. The first kappa shape index (κ1) is 20.2. The largest absolute Gasteiger partial charge is 0.375 e. The summed E-state index contributed by atoms with van der Waals surface area (Å²) >= 11 is 5.76. The van der Waals surface area contributed by atoms with Gasteiger partial charge in [0.2, 0.25) is 15.9 Å². The smallest absolute Gasteiger partial charge is 0.243 e. The molecule has 0 saturated heterocycles. The number of amides is 1. The monoisotopic (exact) mass is 417 g/mol. The second-order valence-corrected chi connectivity index (χ2v) is 9.37. The van der Waals surface area contributed by atoms with Gasteiger partial charge in [0.1, 0.15) is 0 Å². The van der Waals surface area contributed by atoms with Gasteiger partial charge in [-0.3, -0.25) is 4.79 Å². The summed E-state index contributed by atoms with van der Waals surface area (Å²) in [5.41, 5.74) is 0.611. The maximum absolute atomic E-state index is 12.0. The fourth-order valence-corrected chi connectivity index (χ4v) is 3.67. The number of sulfone groups is 1. The number of anilines is 2. The van der Waals surface area contributed by atoms with Crippen molar-refractivity contribution in [2.45, 2.75) is 9.79 Å². The van der Waals surface area contributed by atoms with E-state index in [4.69, 9.17) is 16.7 Å². The quantitative estimate of drug-likeness (QED) is 0.650. The SMILES string of the molecule is CS(=O)(=O)c1cc(S(N)(=O)=O)ccc1NCC(=O)Nc1ccc(Cl)cc1. The molecule has 2 aromatic rings. The van der Waals surface area contributed by atoms with Gasteiger partial charge in [0.05, 0.1) is 22.0 Å². The van der Waals surface area contributed by atoms with E-state index in [0.717, 1.165) is 18.4 Å². The maximum Gasteiger partial charge on any atom is 0.243 e. The maximum atomic E-state index is 12.0. The van der Waals surface area contributed by atoms with Crippen LogP contribution in [-0.4, -0.2) is 35.5 Å². The van der Waals surface area contributed by atoms with Crippen LogP contribution < -0.4 is 15.8 Å². The summed E-state index contributed by atoms with van der Waals surface area (Å²) in [6.45, 7) is -0.236. The van der Waals surface area contributed by atoms with Crippen molar-refractivity contribution < 1.29 is 21.6 Å². The molecule has 0 aliphatic heterocycles. The highest BCUT2D eigenvalue weighted by atomic mass is 35.5. The molecular weight excluding hydrogens is 402 g/mol. The number of rotatable bonds is 6. The molecule has 0 heterocycles. The molecule has 11 heteroatoms. The van der Waals surface area contributed by atoms with E-state index in [2.05, 4.69) is 10.6 Å². The van der Waals surface area contributed by atoms with Crippen LogP contribution in [0.25, 0.3) is 0 Å². The fourth-order valence-electron chi connectivity index (χ4n) is 2.05. The highest BCUT2D eigenvalue weighted by Gasteiger charge is 2.18. The minimum Gasteiger partial charge on any atom is -0.375 e. The van der Waals surface area contributed by atoms with Crippen LogP contribution in [0.4, 0.5) is 11.4 Å². The Bertz CT molecular complexity index is 1040. The topological polar surface area (TPSA) is 135 Å². The molecule has 2 rings (SSSR count). The molecule has 140 valence electrons. The summed E-state index contributed by atoms with van der Waals surface area (Å²) in [4.78, 5) is 11.4. The lowest BCUT2D eigenvalue weighted by Crippen LogP contribution is -2.22. The summed E-state index contributed by atoms with van der Waals surface area (Å²) in [6.07, 6.45) is 0.925. The second-order valence-electron chi connectivity index (χ2n) is 5.38. The molecule has 2 aromatic carbocycles. The number of carbonyl (C=O) groups excluding carboxylic acids is 1. The average Bonchev–Trinajstić information content (AvgIpc) is 2.53. The van der Waals surface area contributed by atoms with Crippen molar-refractivity contribution in [1.29, 1.82) is 0 Å². The third kappa shape index (κ3) is 5.43. The summed E-state index contributed by atoms with van der Waals surface area (Å²) in [6, 6.07) is 9.79. The van der Waals surface area contributed by atoms with Crippen LogP contribution in [0.1, 0.15) is 0 Å². The number of carbonyl (C=O) groups is 1. The van der Waals surface area contributed by atoms with E-state index in [1.165, 1.54) is 6.07 Å². The first-order valence-corrected chi connectivity index (χ1v) is 10.9. The number of benzene rings is 2. The molecular formula is C15H16ClN3O5S2. The van der Waals surface area contributed by atoms with Crippen molar-refractivity contribution in [1.82, 2.24) is 0 Å². The number of hydrogen-bond acceptors (Lipinski definition) is 6. The molecule has 0 bridgehead atoms. The summed E-state index contributed by atoms with van der Waals surface area (Å²) in [7, 11) is -7.82. The molecule has 0 radical (unpaired) electrons. The molecule has 0 aromatic heterocycles. The Morgan fingerprint density at radius 1 is 1.08 bits per heavy atom. The Labute approximate surface area is 156 Å². The molecule has 0 spiro atoms. The molecule has 0 fully saturated rings. The minimum absolute atomic E-state index is 0.0890. The van der Waals surface area contributed by atoms with E-state index in [-0.39, 0.29) is 22.0 Å². The van der Waals surface area contributed by atoms with Gasteiger partial charge in [-0.2, -0.15) is 0 Å². The van der Waals surface area contributed by atoms with Crippen molar-refractivity contribution in [3.63, 3.8) is 0 Å². The van der Waals surface area contributed by atoms with Crippen LogP contribution in [0.5, 0.6) is 0 Å². The van der Waals surface area contributed by atoms with E-state index in [0.29, 0.717) is 10.7 Å². The molecule has 8 nitrogen and oxygen atoms in total. The number of hydrogen-bond donors (Lipinski definition) is 3. The highest BCUT2D eigenvalue weighted by Crippen LogP contribution is 2.24. The van der Waals surface area contributed by atoms with Gasteiger partial charge in [-0.05, 0) is 42.5 Å². The van der Waals surface area contributed by atoms with Crippen molar-refractivity contribution in [2.75, 3.05) is 23.4 Å². The third-order valence-electron chi connectivity index (χ3n) is 3.25. The van der Waals surface area contributed by atoms with Crippen molar-refractivity contribution >= 4 is 48.7 Å². The Morgan fingerprint density at radius 2 is 1.69 bits per heavy atom. The summed E-state index contributed by atoms with van der Waals surface area (Å²) < 4.78 is 46.6. The lowest BCUT2D eigenvalue weighted by Gasteiger charge is -2.12. The van der Waals surface area contributed by atoms with Crippen molar-refractivity contribution in [3.8, 4) is 0 Å². The normalized spacial score (nSPS) is 11.8. The Morgan fingerprint density at radius 3 is 2.23 bits per heavy atom. The summed E-state index contributed by atoms with van der Waals surface area (Å²) in [5, 5.41) is 10.8. The lowest BCUT2D eigenvalue weighted by atomic mass is 10.3. The first-order chi connectivity index (χ1) is 12.0. The van der Waals surface area contributed by atoms with Gasteiger partial charge in [0.15, 0.2) is 9.84 Å². The van der Waals surface area contributed by atoms with Crippen LogP contribution in [0.2, 0.25) is 5.02 Å². The van der Waals surface area contributed by atoms with Gasteiger partial charge >= 0.3 is 0 Å². The highest BCUT2D eigenvalue weighted by molar-refractivity contribution is 7.91. The van der Waals surface area contributed by atoms with Gasteiger partial charge in [-0.15, -0.1) is 0 Å². The zero-order valence-electron chi connectivity index (χ0n) is 13.6. The Kier molecular flexibility index (Phi) is 5.91. The standard InChI is InChI=1S/C15H16ClN3O5S2/c1-25(21,22)14-8-12(26(17,23)24)6-7-13(14)18-9-15(20)19-11-4-2-10(16)3-5-11/h2-8,18H,9H2,1H3,(H,19,20)(H2,17,23,24). The summed E-state index contributed by atoms with van der Waals surface area (Å²) in [5.74, 6) is -0.428. The van der Waals surface area contributed by atoms with Crippen molar-refractivity contribution in [3.05, 3.63) is 47.5 Å². The van der Waals surface area contributed by atoms with Gasteiger partial charge in [-0.25, -0.2) is 22.0 Å². The molecule has 26 heavy (non-hydrogen) atoms. The minimum atomic E-state index is -4.06. The fraction of sp³-hybridized carbons (Fsp3) is 0.133. The number of nitrogens with two attached hydrogens (primary N) is 1. The Hall–Kier alpha value is -2.14. The number of nitrogens with one attached hydrogen (secondary N) is 2.